The van der Waals surface area contributed by atoms with Gasteiger partial charge in [-0.15, -0.1) is 0 Å². The minimum absolute atomic E-state index is 0.00608. The van der Waals surface area contributed by atoms with E-state index in [1.165, 1.54) is 17.0 Å². The van der Waals surface area contributed by atoms with Crippen molar-refractivity contribution in [2.75, 3.05) is 32.6 Å². The van der Waals surface area contributed by atoms with Gasteiger partial charge in [-0.3, -0.25) is 4.79 Å². The van der Waals surface area contributed by atoms with Crippen molar-refractivity contribution >= 4 is 27.6 Å². The number of anilines is 1. The molecule has 0 atom stereocenters. The summed E-state index contributed by atoms with van der Waals surface area (Å²) in [6.07, 6.45) is 1.63. The number of carbonyl (C=O) groups excluding carboxylic acids is 2. The van der Waals surface area contributed by atoms with Gasteiger partial charge in [0.05, 0.1) is 10.5 Å². The highest BCUT2D eigenvalue weighted by molar-refractivity contribution is 7.89. The molecule has 172 valence electrons. The second kappa shape index (κ2) is 9.70. The van der Waals surface area contributed by atoms with E-state index < -0.39 is 22.6 Å². The van der Waals surface area contributed by atoms with Crippen LogP contribution in [0.1, 0.15) is 34.3 Å². The van der Waals surface area contributed by atoms with Gasteiger partial charge in [-0.05, 0) is 55.2 Å². The third kappa shape index (κ3) is 6.08. The molecule has 9 heteroatoms. The molecular weight excluding hydrogens is 430 g/mol. The van der Waals surface area contributed by atoms with E-state index >= 15 is 0 Å². The lowest BCUT2D eigenvalue weighted by atomic mass is 10.1. The first-order valence-corrected chi connectivity index (χ1v) is 11.9. The standard InChI is InChI=1S/C23H29N3O5S/c1-16-5-12-20(32(29,30)24-18-8-9-18)13-21(16)23(28)31-15-22(27)26(4)14-17-6-10-19(11-7-17)25(2)3/h5-7,10-13,18,24H,8-9,14-15H2,1-4H3. The van der Waals surface area contributed by atoms with Crippen molar-refractivity contribution in [1.29, 1.82) is 0 Å². The Morgan fingerprint density at radius 1 is 1.06 bits per heavy atom. The molecule has 0 heterocycles. The van der Waals surface area contributed by atoms with Crippen molar-refractivity contribution < 1.29 is 22.7 Å². The lowest BCUT2D eigenvalue weighted by molar-refractivity contribution is -0.133. The van der Waals surface area contributed by atoms with Crippen LogP contribution in [0.2, 0.25) is 0 Å². The maximum absolute atomic E-state index is 12.6. The number of rotatable bonds is 9. The fourth-order valence-electron chi connectivity index (χ4n) is 3.05. The number of hydrogen-bond donors (Lipinski definition) is 1. The third-order valence-electron chi connectivity index (χ3n) is 5.26. The predicted molar refractivity (Wildman–Crippen MR) is 122 cm³/mol. The minimum atomic E-state index is -3.69. The second-order valence-corrected chi connectivity index (χ2v) is 9.97. The Morgan fingerprint density at radius 2 is 1.72 bits per heavy atom. The lowest BCUT2D eigenvalue weighted by Gasteiger charge is -2.18. The number of aryl methyl sites for hydroxylation is 1. The molecule has 0 spiro atoms. The van der Waals surface area contributed by atoms with Gasteiger partial charge in [0.1, 0.15) is 0 Å². The molecule has 0 unspecified atom stereocenters. The van der Waals surface area contributed by atoms with E-state index in [1.54, 1.807) is 20.0 Å². The molecule has 0 saturated heterocycles. The van der Waals surface area contributed by atoms with Crippen LogP contribution in [0.3, 0.4) is 0 Å². The number of likely N-dealkylation sites (N-methyl/N-ethyl adjacent to an activating group) is 1. The summed E-state index contributed by atoms with van der Waals surface area (Å²) >= 11 is 0. The minimum Gasteiger partial charge on any atom is -0.452 e. The molecule has 0 radical (unpaired) electrons. The van der Waals surface area contributed by atoms with E-state index in [0.717, 1.165) is 24.1 Å². The van der Waals surface area contributed by atoms with Gasteiger partial charge in [-0.1, -0.05) is 18.2 Å². The molecule has 1 aliphatic rings. The summed E-state index contributed by atoms with van der Waals surface area (Å²) in [5.41, 5.74) is 2.71. The highest BCUT2D eigenvalue weighted by Gasteiger charge is 2.28. The average Bonchev–Trinajstić information content (AvgIpc) is 3.55. The molecular formula is C23H29N3O5S. The van der Waals surface area contributed by atoms with Gasteiger partial charge in [-0.2, -0.15) is 0 Å². The highest BCUT2D eigenvalue weighted by Crippen LogP contribution is 2.23. The SMILES string of the molecule is Cc1ccc(S(=O)(=O)NC2CC2)cc1C(=O)OCC(=O)N(C)Cc1ccc(N(C)C)cc1. The number of esters is 1. The Morgan fingerprint density at radius 3 is 2.31 bits per heavy atom. The van der Waals surface area contributed by atoms with Crippen LogP contribution in [0.25, 0.3) is 0 Å². The van der Waals surface area contributed by atoms with E-state index in [-0.39, 0.29) is 22.4 Å². The van der Waals surface area contributed by atoms with Gasteiger partial charge >= 0.3 is 5.97 Å². The number of carbonyl (C=O) groups is 2. The third-order valence-corrected chi connectivity index (χ3v) is 6.78. The molecule has 3 rings (SSSR count). The molecule has 2 aromatic carbocycles. The second-order valence-electron chi connectivity index (χ2n) is 8.26. The molecule has 2 aromatic rings. The quantitative estimate of drug-likeness (QED) is 0.578. The van der Waals surface area contributed by atoms with Gasteiger partial charge < -0.3 is 14.5 Å². The van der Waals surface area contributed by atoms with Crippen molar-refractivity contribution in [2.24, 2.45) is 0 Å². The Labute approximate surface area is 189 Å². The number of ether oxygens (including phenoxy) is 1. The van der Waals surface area contributed by atoms with Crippen LogP contribution in [-0.4, -0.2) is 59.0 Å². The Bertz CT molecular complexity index is 1090. The van der Waals surface area contributed by atoms with Gasteiger partial charge in [0, 0.05) is 39.4 Å². The maximum atomic E-state index is 12.6. The number of benzene rings is 2. The summed E-state index contributed by atoms with van der Waals surface area (Å²) < 4.78 is 32.6. The van der Waals surface area contributed by atoms with Crippen molar-refractivity contribution in [3.63, 3.8) is 0 Å². The molecule has 1 fully saturated rings. The van der Waals surface area contributed by atoms with E-state index in [1.807, 2.05) is 43.3 Å². The van der Waals surface area contributed by atoms with Crippen molar-refractivity contribution in [3.05, 3.63) is 59.2 Å². The van der Waals surface area contributed by atoms with E-state index in [2.05, 4.69) is 4.72 Å². The molecule has 0 aliphatic heterocycles. The average molecular weight is 460 g/mol. The summed E-state index contributed by atoms with van der Waals surface area (Å²) in [5.74, 6) is -1.09. The molecule has 1 amide bonds. The van der Waals surface area contributed by atoms with Crippen molar-refractivity contribution in [2.45, 2.75) is 37.2 Å². The fraction of sp³-hybridized carbons (Fsp3) is 0.391. The van der Waals surface area contributed by atoms with Crippen LogP contribution in [-0.2, 0) is 26.1 Å². The zero-order valence-corrected chi connectivity index (χ0v) is 19.6. The number of amides is 1. The first-order chi connectivity index (χ1) is 15.1. The maximum Gasteiger partial charge on any atom is 0.338 e. The summed E-state index contributed by atoms with van der Waals surface area (Å²) in [6, 6.07) is 12.1. The number of nitrogens with one attached hydrogen (secondary N) is 1. The van der Waals surface area contributed by atoms with E-state index in [4.69, 9.17) is 4.74 Å². The van der Waals surface area contributed by atoms with Crippen LogP contribution >= 0.6 is 0 Å². The highest BCUT2D eigenvalue weighted by atomic mass is 32.2. The molecule has 1 aliphatic carbocycles. The number of nitrogens with zero attached hydrogens (tertiary/aromatic N) is 2. The van der Waals surface area contributed by atoms with Crippen LogP contribution in [0.5, 0.6) is 0 Å². The van der Waals surface area contributed by atoms with Crippen LogP contribution in [0.4, 0.5) is 5.69 Å². The topological polar surface area (TPSA) is 96.0 Å². The van der Waals surface area contributed by atoms with Gasteiger partial charge in [-0.25, -0.2) is 17.9 Å². The van der Waals surface area contributed by atoms with Crippen LogP contribution in [0, 0.1) is 6.92 Å². The van der Waals surface area contributed by atoms with Gasteiger partial charge in [0.25, 0.3) is 5.91 Å². The molecule has 8 nitrogen and oxygen atoms in total. The smallest absolute Gasteiger partial charge is 0.338 e. The van der Waals surface area contributed by atoms with Crippen molar-refractivity contribution in [1.82, 2.24) is 9.62 Å². The van der Waals surface area contributed by atoms with Crippen LogP contribution in [0.15, 0.2) is 47.4 Å². The van der Waals surface area contributed by atoms with E-state index in [9.17, 15) is 18.0 Å². The first kappa shape index (κ1) is 23.7. The van der Waals surface area contributed by atoms with E-state index in [0.29, 0.717) is 12.1 Å². The van der Waals surface area contributed by atoms with Gasteiger partial charge in [0.2, 0.25) is 10.0 Å². The zero-order chi connectivity index (χ0) is 23.5. The summed E-state index contributed by atoms with van der Waals surface area (Å²) in [6.45, 7) is 1.64. The van der Waals surface area contributed by atoms with Crippen LogP contribution < -0.4 is 9.62 Å². The molecule has 32 heavy (non-hydrogen) atoms. The molecule has 0 aromatic heterocycles. The fourth-order valence-corrected chi connectivity index (χ4v) is 4.38. The zero-order valence-electron chi connectivity index (χ0n) is 18.8. The largest absolute Gasteiger partial charge is 0.452 e. The number of sulfonamides is 1. The lowest BCUT2D eigenvalue weighted by Crippen LogP contribution is -2.31. The van der Waals surface area contributed by atoms with Crippen molar-refractivity contribution in [3.8, 4) is 0 Å². The monoisotopic (exact) mass is 459 g/mol. The molecule has 1 saturated carbocycles. The van der Waals surface area contributed by atoms with Gasteiger partial charge in [0.15, 0.2) is 6.61 Å². The normalized spacial score (nSPS) is 13.5. The summed E-state index contributed by atoms with van der Waals surface area (Å²) in [4.78, 5) is 28.5. The Kier molecular flexibility index (Phi) is 7.20. The Hall–Kier alpha value is -2.91. The Balaban J connectivity index is 1.59. The summed E-state index contributed by atoms with van der Waals surface area (Å²) in [7, 11) is 1.85. The predicted octanol–water partition coefficient (Wildman–Crippen LogP) is 2.32. The molecule has 1 N–H and O–H groups in total. The summed E-state index contributed by atoms with van der Waals surface area (Å²) in [5, 5.41) is 0. The number of hydrogen-bond acceptors (Lipinski definition) is 6. The first-order valence-electron chi connectivity index (χ1n) is 10.4. The molecule has 0 bridgehead atoms.